The Morgan fingerprint density at radius 3 is 2.20 bits per heavy atom. The fourth-order valence-corrected chi connectivity index (χ4v) is 3.22. The van der Waals surface area contributed by atoms with E-state index >= 15 is 0 Å². The van der Waals surface area contributed by atoms with Gasteiger partial charge in [-0.05, 0) is 49.2 Å². The summed E-state index contributed by atoms with van der Waals surface area (Å²) in [6, 6.07) is 12.1. The number of rotatable bonds is 2. The molecule has 5 rings (SSSR count). The summed E-state index contributed by atoms with van der Waals surface area (Å²) >= 11 is 11.3. The van der Waals surface area contributed by atoms with E-state index in [2.05, 4.69) is 20.3 Å². The van der Waals surface area contributed by atoms with Crippen LogP contribution in [0.25, 0.3) is 0 Å². The maximum absolute atomic E-state index is 13.2. The molecule has 0 saturated carbocycles. The zero-order valence-electron chi connectivity index (χ0n) is 22.1. The predicted octanol–water partition coefficient (Wildman–Crippen LogP) is 4.93. The maximum Gasteiger partial charge on any atom is 0.357 e. The van der Waals surface area contributed by atoms with E-state index in [1.165, 1.54) is 25.0 Å². The molecule has 2 aromatic heterocycles. The van der Waals surface area contributed by atoms with Gasteiger partial charge in [-0.3, -0.25) is 4.98 Å². The summed E-state index contributed by atoms with van der Waals surface area (Å²) in [5.41, 5.74) is 9.34. The van der Waals surface area contributed by atoms with E-state index in [0.717, 1.165) is 19.4 Å². The van der Waals surface area contributed by atoms with E-state index in [1.807, 2.05) is 4.98 Å². The Morgan fingerprint density at radius 1 is 1.05 bits per heavy atom. The van der Waals surface area contributed by atoms with Crippen molar-refractivity contribution in [3.8, 4) is 0 Å². The van der Waals surface area contributed by atoms with Gasteiger partial charge in [0.1, 0.15) is 5.82 Å². The molecule has 0 unspecified atom stereocenters. The number of isocyanates is 1. The first-order chi connectivity index (χ1) is 20.5. The molecule has 1 aliphatic rings. The first kappa shape index (κ1) is 37.1. The van der Waals surface area contributed by atoms with Crippen molar-refractivity contribution in [1.82, 2.24) is 19.5 Å². The summed E-state index contributed by atoms with van der Waals surface area (Å²) in [6.07, 6.45) is 5.43. The molecule has 13 nitrogen and oxygen atoms in total. The lowest BCUT2D eigenvalue weighted by atomic mass is 10.3. The van der Waals surface area contributed by atoms with Gasteiger partial charge in [-0.2, -0.15) is 15.0 Å². The fourth-order valence-electron chi connectivity index (χ4n) is 2.84. The molecule has 0 bridgehead atoms. The van der Waals surface area contributed by atoms with Crippen LogP contribution in [-0.2, 0) is 9.53 Å². The van der Waals surface area contributed by atoms with Gasteiger partial charge in [0.25, 0.3) is 0 Å². The van der Waals surface area contributed by atoms with Crippen LogP contribution < -0.4 is 28.2 Å². The fraction of sp³-hybridized carbons (Fsp3) is 0.185. The van der Waals surface area contributed by atoms with Crippen LogP contribution in [0, 0.1) is 11.6 Å². The highest BCUT2D eigenvalue weighted by Gasteiger charge is 2.12. The number of carbonyl (C=O) groups excluding carboxylic acids is 2. The number of nitrogens with one attached hydrogen (secondary N) is 2. The summed E-state index contributed by atoms with van der Waals surface area (Å²) < 4.78 is 30.7. The average Bonchev–Trinajstić information content (AvgIpc) is 3.55. The second-order valence-electron chi connectivity index (χ2n) is 8.02. The highest BCUT2D eigenvalue weighted by Crippen LogP contribution is 2.17. The maximum atomic E-state index is 13.2. The van der Waals surface area contributed by atoms with E-state index < -0.39 is 34.9 Å². The molecule has 6 N–H and O–H groups in total. The Balaban J connectivity index is 0.000000325. The minimum Gasteiger partial charge on any atom is -0.383 e. The second kappa shape index (κ2) is 19.3. The lowest BCUT2D eigenvalue weighted by molar-refractivity contribution is 0.198. The minimum absolute atomic E-state index is 0. The van der Waals surface area contributed by atoms with Gasteiger partial charge in [0.2, 0.25) is 6.08 Å². The number of hydrogen-bond acceptors (Lipinski definition) is 10. The second-order valence-corrected chi connectivity index (χ2v) is 8.89. The molecule has 0 atom stereocenters. The number of halogens is 4. The predicted molar refractivity (Wildman–Crippen MR) is 164 cm³/mol. The number of aromatic amines is 1. The van der Waals surface area contributed by atoms with Crippen LogP contribution in [0.5, 0.6) is 0 Å². The van der Waals surface area contributed by atoms with Crippen LogP contribution in [0.15, 0.2) is 75.5 Å². The van der Waals surface area contributed by atoms with Crippen LogP contribution in [0.1, 0.15) is 20.3 Å². The number of aliphatic imine (C=N–C) groups is 1. The number of nitrogen functional groups attached to an aromatic ring is 2. The molecule has 1 saturated heterocycles. The Kier molecular flexibility index (Phi) is 16.2. The molecular weight excluding hydrogens is 625 g/mol. The van der Waals surface area contributed by atoms with Crippen molar-refractivity contribution in [3.05, 3.63) is 104 Å². The molecule has 234 valence electrons. The van der Waals surface area contributed by atoms with Crippen LogP contribution in [0.2, 0.25) is 10.0 Å². The Labute approximate surface area is 259 Å². The number of carbonyl (C=O) groups is 1. The summed E-state index contributed by atoms with van der Waals surface area (Å²) in [7, 11) is 0. The number of amides is 1. The molecular formula is C27H28Cl2F2N8O5. The number of hydrogen-bond donors (Lipinski definition) is 4. The van der Waals surface area contributed by atoms with Gasteiger partial charge >= 0.3 is 17.4 Å². The van der Waals surface area contributed by atoms with Gasteiger partial charge in [0.15, 0.2) is 17.5 Å². The SMILES string of the molecule is C.C1CCOC1.Nc1[nH]c(=O)ncc1F.Nc1nc(=O)n(C(=O)Nc2cccc(Cl)c2)cc1F.O=C=Nc1cccc(Cl)c1. The average molecular weight is 653 g/mol. The first-order valence-electron chi connectivity index (χ1n) is 12.0. The van der Waals surface area contributed by atoms with Gasteiger partial charge in [-0.1, -0.05) is 42.8 Å². The zero-order chi connectivity index (χ0) is 31.8. The van der Waals surface area contributed by atoms with Gasteiger partial charge in [0.05, 0.1) is 18.1 Å². The number of nitrogens with two attached hydrogens (primary N) is 2. The summed E-state index contributed by atoms with van der Waals surface area (Å²) in [4.78, 5) is 54.8. The Hall–Kier alpha value is -4.95. The van der Waals surface area contributed by atoms with Crippen LogP contribution in [0.4, 0.5) is 36.6 Å². The highest BCUT2D eigenvalue weighted by molar-refractivity contribution is 6.31. The minimum atomic E-state index is -0.974. The van der Waals surface area contributed by atoms with Crippen LogP contribution in [0.3, 0.4) is 0 Å². The quantitative estimate of drug-likeness (QED) is 0.171. The molecule has 1 amide bonds. The monoisotopic (exact) mass is 652 g/mol. The van der Waals surface area contributed by atoms with Crippen molar-refractivity contribution in [2.75, 3.05) is 30.0 Å². The van der Waals surface area contributed by atoms with E-state index in [4.69, 9.17) is 39.4 Å². The molecule has 1 fully saturated rings. The summed E-state index contributed by atoms with van der Waals surface area (Å²) in [5, 5.41) is 3.35. The standard InChI is InChI=1S/C11H8ClFN4O2.C7H4ClNO.C4H4FN3O.C4H8O.CH4/c12-6-2-1-3-7(4-6)15-10(18)17-5-8(13)9(14)16-11(17)19;8-6-2-1-3-7(4-6)9-5-10;5-2-1-7-4(9)8-3(2)6;1-2-4-5-3-1;/h1-5H,(H,15,18)(H2,14,16,19);1-4H;1H,(H3,6,7,8,9);1-4H2;1H4. The number of nitrogens with zero attached hydrogens (tertiary/aromatic N) is 4. The van der Waals surface area contributed by atoms with E-state index in [1.54, 1.807) is 42.5 Å². The van der Waals surface area contributed by atoms with Crippen molar-refractivity contribution in [1.29, 1.82) is 0 Å². The Bertz CT molecular complexity index is 1690. The first-order valence-corrected chi connectivity index (χ1v) is 12.8. The Morgan fingerprint density at radius 2 is 1.68 bits per heavy atom. The molecule has 3 heterocycles. The molecule has 0 radical (unpaired) electrons. The number of benzene rings is 2. The lowest BCUT2D eigenvalue weighted by Gasteiger charge is -2.07. The van der Waals surface area contributed by atoms with E-state index in [-0.39, 0.29) is 13.2 Å². The molecule has 44 heavy (non-hydrogen) atoms. The largest absolute Gasteiger partial charge is 0.383 e. The number of aromatic nitrogens is 4. The van der Waals surface area contributed by atoms with Gasteiger partial charge in [0, 0.05) is 28.9 Å². The lowest BCUT2D eigenvalue weighted by Crippen LogP contribution is -2.33. The van der Waals surface area contributed by atoms with E-state index in [0.29, 0.717) is 32.2 Å². The smallest absolute Gasteiger partial charge is 0.357 e. The molecule has 0 aliphatic carbocycles. The van der Waals surface area contributed by atoms with Crippen LogP contribution >= 0.6 is 23.2 Å². The third kappa shape index (κ3) is 13.4. The summed E-state index contributed by atoms with van der Waals surface area (Å²) in [6.45, 7) is 2.00. The third-order valence-corrected chi connectivity index (χ3v) is 5.28. The van der Waals surface area contributed by atoms with Crippen molar-refractivity contribution >= 4 is 58.3 Å². The summed E-state index contributed by atoms with van der Waals surface area (Å²) in [5.74, 6) is -2.51. The number of H-pyrrole nitrogens is 1. The van der Waals surface area contributed by atoms with Crippen molar-refractivity contribution in [2.24, 2.45) is 4.99 Å². The van der Waals surface area contributed by atoms with Gasteiger partial charge in [-0.15, -0.1) is 0 Å². The van der Waals surface area contributed by atoms with Crippen molar-refractivity contribution < 1.29 is 23.1 Å². The van der Waals surface area contributed by atoms with Gasteiger partial charge in [-0.25, -0.2) is 32.5 Å². The molecule has 17 heteroatoms. The topological polar surface area (TPSA) is 200 Å². The van der Waals surface area contributed by atoms with Crippen LogP contribution in [-0.4, -0.2) is 44.8 Å². The van der Waals surface area contributed by atoms with Crippen molar-refractivity contribution in [2.45, 2.75) is 20.3 Å². The van der Waals surface area contributed by atoms with E-state index in [9.17, 15) is 28.0 Å². The number of anilines is 3. The molecule has 2 aromatic carbocycles. The van der Waals surface area contributed by atoms with Gasteiger partial charge < -0.3 is 21.5 Å². The number of ether oxygens (including phenoxy) is 1. The van der Waals surface area contributed by atoms with Crippen molar-refractivity contribution in [3.63, 3.8) is 0 Å². The molecule has 1 aliphatic heterocycles. The zero-order valence-corrected chi connectivity index (χ0v) is 23.6. The molecule has 4 aromatic rings. The molecule has 0 spiro atoms. The third-order valence-electron chi connectivity index (χ3n) is 4.81. The normalized spacial score (nSPS) is 11.0. The highest BCUT2D eigenvalue weighted by atomic mass is 35.5.